The van der Waals surface area contributed by atoms with Gasteiger partial charge in [-0.2, -0.15) is 0 Å². The molecule has 0 spiro atoms. The van der Waals surface area contributed by atoms with Crippen LogP contribution in [0.25, 0.3) is 0 Å². The van der Waals surface area contributed by atoms with Crippen molar-refractivity contribution in [3.63, 3.8) is 0 Å². The van der Waals surface area contributed by atoms with E-state index in [4.69, 9.17) is 5.73 Å². The van der Waals surface area contributed by atoms with E-state index in [1.54, 1.807) is 12.1 Å². The van der Waals surface area contributed by atoms with Gasteiger partial charge in [0.15, 0.2) is 0 Å². The van der Waals surface area contributed by atoms with Gasteiger partial charge in [-0.05, 0) is 23.1 Å². The van der Waals surface area contributed by atoms with Gasteiger partial charge < -0.3 is 10.8 Å². The molecule has 0 aliphatic carbocycles. The first kappa shape index (κ1) is 12.1. The average Bonchev–Trinajstić information content (AvgIpc) is 2.14. The molecule has 3 heteroatoms. The molecule has 2 atom stereocenters. The highest BCUT2D eigenvalue weighted by Crippen LogP contribution is 2.28. The lowest BCUT2D eigenvalue weighted by molar-refractivity contribution is 0.0923. The third kappa shape index (κ3) is 3.01. The molecule has 3 N–H and O–H groups in total. The van der Waals surface area contributed by atoms with E-state index in [1.165, 1.54) is 12.1 Å². The SMILES string of the molecule is CC(C)(C)C(N)C(O)c1cccc(F)c1. The van der Waals surface area contributed by atoms with Gasteiger partial charge in [-0.3, -0.25) is 0 Å². The molecule has 1 rings (SSSR count). The van der Waals surface area contributed by atoms with E-state index in [2.05, 4.69) is 0 Å². The average molecular weight is 211 g/mol. The number of halogens is 1. The molecule has 1 aromatic rings. The summed E-state index contributed by atoms with van der Waals surface area (Å²) in [5, 5.41) is 9.96. The summed E-state index contributed by atoms with van der Waals surface area (Å²) in [6, 6.07) is 5.50. The molecule has 2 unspecified atom stereocenters. The van der Waals surface area contributed by atoms with E-state index in [0.717, 1.165) is 0 Å². The highest BCUT2D eigenvalue weighted by Gasteiger charge is 2.28. The minimum Gasteiger partial charge on any atom is -0.387 e. The second-order valence-electron chi connectivity index (χ2n) is 4.89. The summed E-state index contributed by atoms with van der Waals surface area (Å²) in [5.41, 5.74) is 6.21. The number of hydrogen-bond acceptors (Lipinski definition) is 2. The van der Waals surface area contributed by atoms with Gasteiger partial charge in [-0.25, -0.2) is 4.39 Å². The summed E-state index contributed by atoms with van der Waals surface area (Å²) in [5.74, 6) is -0.354. The van der Waals surface area contributed by atoms with Gasteiger partial charge in [0.25, 0.3) is 0 Å². The molecule has 0 amide bonds. The van der Waals surface area contributed by atoms with Crippen molar-refractivity contribution in [1.29, 1.82) is 0 Å². The minimum atomic E-state index is -0.833. The first-order chi connectivity index (χ1) is 6.82. The highest BCUT2D eigenvalue weighted by molar-refractivity contribution is 5.20. The fourth-order valence-electron chi connectivity index (χ4n) is 1.37. The van der Waals surface area contributed by atoms with Crippen molar-refractivity contribution in [1.82, 2.24) is 0 Å². The monoisotopic (exact) mass is 211 g/mol. The van der Waals surface area contributed by atoms with Crippen molar-refractivity contribution in [3.05, 3.63) is 35.6 Å². The van der Waals surface area contributed by atoms with Crippen molar-refractivity contribution < 1.29 is 9.50 Å². The smallest absolute Gasteiger partial charge is 0.123 e. The molecule has 0 bridgehead atoms. The molecule has 0 aromatic heterocycles. The number of aliphatic hydroxyl groups excluding tert-OH is 1. The van der Waals surface area contributed by atoms with Gasteiger partial charge in [-0.1, -0.05) is 32.9 Å². The Bertz CT molecular complexity index is 333. The predicted molar refractivity (Wildman–Crippen MR) is 58.8 cm³/mol. The second kappa shape index (κ2) is 4.29. The van der Waals surface area contributed by atoms with Crippen molar-refractivity contribution in [2.75, 3.05) is 0 Å². The van der Waals surface area contributed by atoms with E-state index < -0.39 is 12.1 Å². The van der Waals surface area contributed by atoms with E-state index >= 15 is 0 Å². The number of rotatable bonds is 2. The standard InChI is InChI=1S/C12H18FNO/c1-12(2,3)11(14)10(15)8-5-4-6-9(13)7-8/h4-7,10-11,15H,14H2,1-3H3. The molecule has 1 aromatic carbocycles. The molecule has 0 heterocycles. The van der Waals surface area contributed by atoms with Crippen LogP contribution < -0.4 is 5.73 Å². The van der Waals surface area contributed by atoms with Gasteiger partial charge >= 0.3 is 0 Å². The maximum Gasteiger partial charge on any atom is 0.123 e. The zero-order valence-corrected chi connectivity index (χ0v) is 9.37. The Morgan fingerprint density at radius 3 is 2.40 bits per heavy atom. The molecule has 0 aliphatic rings. The topological polar surface area (TPSA) is 46.2 Å². The lowest BCUT2D eigenvalue weighted by Crippen LogP contribution is -2.40. The molecule has 15 heavy (non-hydrogen) atoms. The molecular formula is C12H18FNO. The number of aliphatic hydroxyl groups is 1. The number of benzene rings is 1. The molecule has 0 saturated carbocycles. The highest BCUT2D eigenvalue weighted by atomic mass is 19.1. The first-order valence-corrected chi connectivity index (χ1v) is 5.01. The van der Waals surface area contributed by atoms with Gasteiger partial charge in [0.05, 0.1) is 6.10 Å². The zero-order chi connectivity index (χ0) is 11.6. The van der Waals surface area contributed by atoms with Crippen molar-refractivity contribution >= 4 is 0 Å². The predicted octanol–water partition coefficient (Wildman–Crippen LogP) is 2.23. The second-order valence-corrected chi connectivity index (χ2v) is 4.89. The maximum atomic E-state index is 12.9. The molecule has 0 aliphatic heterocycles. The van der Waals surface area contributed by atoms with Crippen LogP contribution in [0.2, 0.25) is 0 Å². The summed E-state index contributed by atoms with van der Waals surface area (Å²) >= 11 is 0. The molecule has 84 valence electrons. The summed E-state index contributed by atoms with van der Waals surface area (Å²) in [7, 11) is 0. The largest absolute Gasteiger partial charge is 0.387 e. The van der Waals surface area contributed by atoms with Gasteiger partial charge in [0, 0.05) is 6.04 Å². The fourth-order valence-corrected chi connectivity index (χ4v) is 1.37. The van der Waals surface area contributed by atoms with Crippen LogP contribution in [0.1, 0.15) is 32.4 Å². The van der Waals surface area contributed by atoms with E-state index in [9.17, 15) is 9.50 Å². The van der Waals surface area contributed by atoms with Gasteiger partial charge in [0.2, 0.25) is 0 Å². The minimum absolute atomic E-state index is 0.217. The lowest BCUT2D eigenvalue weighted by atomic mass is 9.82. The fraction of sp³-hybridized carbons (Fsp3) is 0.500. The Hall–Kier alpha value is -0.930. The molecular weight excluding hydrogens is 193 g/mol. The van der Waals surface area contributed by atoms with Crippen LogP contribution in [0.15, 0.2) is 24.3 Å². The van der Waals surface area contributed by atoms with E-state index in [1.807, 2.05) is 20.8 Å². The van der Waals surface area contributed by atoms with Crippen molar-refractivity contribution in [2.45, 2.75) is 32.9 Å². The lowest BCUT2D eigenvalue weighted by Gasteiger charge is -2.31. The number of nitrogens with two attached hydrogens (primary N) is 1. The Morgan fingerprint density at radius 1 is 1.33 bits per heavy atom. The van der Waals surface area contributed by atoms with Crippen LogP contribution in [-0.2, 0) is 0 Å². The normalized spacial score (nSPS) is 16.1. The maximum absolute atomic E-state index is 12.9. The van der Waals surface area contributed by atoms with Gasteiger partial charge in [0.1, 0.15) is 5.82 Å². The van der Waals surface area contributed by atoms with Gasteiger partial charge in [-0.15, -0.1) is 0 Å². The third-order valence-corrected chi connectivity index (χ3v) is 2.53. The first-order valence-electron chi connectivity index (χ1n) is 5.01. The van der Waals surface area contributed by atoms with Crippen molar-refractivity contribution in [3.8, 4) is 0 Å². The Balaban J connectivity index is 2.90. The number of hydrogen-bond donors (Lipinski definition) is 2. The Kier molecular flexibility index (Phi) is 3.47. The Morgan fingerprint density at radius 2 is 1.93 bits per heavy atom. The van der Waals surface area contributed by atoms with Crippen LogP contribution >= 0.6 is 0 Å². The quantitative estimate of drug-likeness (QED) is 0.788. The molecule has 0 fully saturated rings. The van der Waals surface area contributed by atoms with Crippen LogP contribution in [0.4, 0.5) is 4.39 Å². The summed E-state index contributed by atoms with van der Waals surface area (Å²) in [6.07, 6.45) is -0.833. The summed E-state index contributed by atoms with van der Waals surface area (Å²) < 4.78 is 12.9. The summed E-state index contributed by atoms with van der Waals surface area (Å²) in [6.45, 7) is 5.83. The van der Waals surface area contributed by atoms with Crippen LogP contribution in [0, 0.1) is 11.2 Å². The van der Waals surface area contributed by atoms with Crippen LogP contribution in [-0.4, -0.2) is 11.1 Å². The molecule has 0 saturated heterocycles. The Labute approximate surface area is 89.9 Å². The van der Waals surface area contributed by atoms with Crippen LogP contribution in [0.5, 0.6) is 0 Å². The third-order valence-electron chi connectivity index (χ3n) is 2.53. The molecule has 0 radical (unpaired) electrons. The van der Waals surface area contributed by atoms with Crippen molar-refractivity contribution in [2.24, 2.45) is 11.1 Å². The summed E-state index contributed by atoms with van der Waals surface area (Å²) in [4.78, 5) is 0. The van der Waals surface area contributed by atoms with E-state index in [0.29, 0.717) is 5.56 Å². The zero-order valence-electron chi connectivity index (χ0n) is 9.37. The van der Waals surface area contributed by atoms with E-state index in [-0.39, 0.29) is 11.2 Å². The molecule has 2 nitrogen and oxygen atoms in total. The van der Waals surface area contributed by atoms with Crippen LogP contribution in [0.3, 0.4) is 0 Å².